The van der Waals surface area contributed by atoms with Gasteiger partial charge in [-0.3, -0.25) is 19.0 Å². The SMILES string of the molecule is O=C1C=C(Nc2ccc(S(=O)(=O)O)cc2Oc2ccccc2C2CCCCC2)C(=O)N1CCO. The van der Waals surface area contributed by atoms with E-state index in [1.54, 1.807) is 6.07 Å². The zero-order valence-electron chi connectivity index (χ0n) is 18.4. The molecule has 1 fully saturated rings. The van der Waals surface area contributed by atoms with E-state index in [0.717, 1.165) is 42.2 Å². The van der Waals surface area contributed by atoms with Crippen molar-refractivity contribution in [1.82, 2.24) is 4.90 Å². The molecule has 4 rings (SSSR count). The second-order valence-electron chi connectivity index (χ2n) is 8.31. The molecule has 1 heterocycles. The number of aliphatic hydroxyl groups excluding tert-OH is 1. The van der Waals surface area contributed by atoms with Gasteiger partial charge in [0.05, 0.1) is 23.7 Å². The maximum atomic E-state index is 12.6. The van der Waals surface area contributed by atoms with Crippen molar-refractivity contribution in [3.8, 4) is 11.5 Å². The molecule has 0 unspecified atom stereocenters. The Morgan fingerprint density at radius 1 is 1.03 bits per heavy atom. The maximum Gasteiger partial charge on any atom is 0.294 e. The van der Waals surface area contributed by atoms with Crippen molar-refractivity contribution >= 4 is 27.6 Å². The van der Waals surface area contributed by atoms with Gasteiger partial charge in [0.25, 0.3) is 21.9 Å². The number of hydrogen-bond donors (Lipinski definition) is 3. The van der Waals surface area contributed by atoms with Crippen LogP contribution in [0.5, 0.6) is 11.5 Å². The molecule has 2 aromatic rings. The lowest BCUT2D eigenvalue weighted by Crippen LogP contribution is -2.34. The summed E-state index contributed by atoms with van der Waals surface area (Å²) < 4.78 is 39.2. The second-order valence-corrected chi connectivity index (χ2v) is 9.73. The number of rotatable bonds is 8. The van der Waals surface area contributed by atoms with E-state index >= 15 is 0 Å². The second kappa shape index (κ2) is 9.96. The van der Waals surface area contributed by atoms with Crippen LogP contribution in [0.2, 0.25) is 0 Å². The third-order valence-corrected chi connectivity index (χ3v) is 6.89. The predicted octanol–water partition coefficient (Wildman–Crippen LogP) is 3.43. The van der Waals surface area contributed by atoms with Gasteiger partial charge < -0.3 is 15.2 Å². The van der Waals surface area contributed by atoms with Gasteiger partial charge in [-0.1, -0.05) is 37.5 Å². The summed E-state index contributed by atoms with van der Waals surface area (Å²) in [4.78, 5) is 25.2. The fourth-order valence-corrected chi connectivity index (χ4v) is 4.84. The van der Waals surface area contributed by atoms with Crippen LogP contribution in [0.25, 0.3) is 0 Å². The first-order valence-corrected chi connectivity index (χ1v) is 12.6. The van der Waals surface area contributed by atoms with Gasteiger partial charge in [0.15, 0.2) is 5.75 Å². The van der Waals surface area contributed by atoms with E-state index in [2.05, 4.69) is 5.32 Å². The lowest BCUT2D eigenvalue weighted by molar-refractivity contribution is -0.137. The highest BCUT2D eigenvalue weighted by atomic mass is 32.2. The van der Waals surface area contributed by atoms with Gasteiger partial charge in [-0.2, -0.15) is 8.42 Å². The molecule has 1 saturated carbocycles. The molecule has 3 N–H and O–H groups in total. The Hall–Kier alpha value is -3.21. The topological polar surface area (TPSA) is 133 Å². The molecule has 0 atom stereocenters. The number of carbonyl (C=O) groups is 2. The normalized spacial score (nSPS) is 17.1. The fraction of sp³-hybridized carbons (Fsp3) is 0.333. The third kappa shape index (κ3) is 5.14. The van der Waals surface area contributed by atoms with E-state index in [-0.39, 0.29) is 35.2 Å². The molecule has 180 valence electrons. The number of β-amino-alcohol motifs (C(OH)–C–C–N with tert-alkyl or cyclic N) is 1. The monoisotopic (exact) mass is 486 g/mol. The minimum absolute atomic E-state index is 0.0385. The molecule has 0 aromatic heterocycles. The lowest BCUT2D eigenvalue weighted by Gasteiger charge is -2.24. The summed E-state index contributed by atoms with van der Waals surface area (Å²) in [5.41, 5.74) is 1.21. The summed E-state index contributed by atoms with van der Waals surface area (Å²) in [5.74, 6) is -0.252. The summed E-state index contributed by atoms with van der Waals surface area (Å²) >= 11 is 0. The third-order valence-electron chi connectivity index (χ3n) is 6.04. The number of imide groups is 1. The smallest absolute Gasteiger partial charge is 0.294 e. The number of para-hydroxylation sites is 1. The number of anilines is 1. The molecular weight excluding hydrogens is 460 g/mol. The molecule has 0 saturated heterocycles. The van der Waals surface area contributed by atoms with Gasteiger partial charge in [-0.05, 0) is 42.5 Å². The molecule has 2 aliphatic rings. The zero-order valence-corrected chi connectivity index (χ0v) is 19.3. The van der Waals surface area contributed by atoms with E-state index in [1.807, 2.05) is 18.2 Å². The molecule has 9 nitrogen and oxygen atoms in total. The van der Waals surface area contributed by atoms with Crippen LogP contribution in [0.4, 0.5) is 5.69 Å². The maximum absolute atomic E-state index is 12.6. The summed E-state index contributed by atoms with van der Waals surface area (Å²) in [5, 5.41) is 11.9. The van der Waals surface area contributed by atoms with Crippen molar-refractivity contribution in [3.05, 3.63) is 59.8 Å². The highest BCUT2D eigenvalue weighted by Gasteiger charge is 2.31. The van der Waals surface area contributed by atoms with Crippen LogP contribution in [0.3, 0.4) is 0 Å². The van der Waals surface area contributed by atoms with Crippen LogP contribution >= 0.6 is 0 Å². The van der Waals surface area contributed by atoms with Crippen molar-refractivity contribution in [2.45, 2.75) is 42.9 Å². The Morgan fingerprint density at radius 2 is 1.76 bits per heavy atom. The summed E-state index contributed by atoms with van der Waals surface area (Å²) in [7, 11) is -4.51. The average Bonchev–Trinajstić information content (AvgIpc) is 3.08. The Bertz CT molecular complexity index is 1230. The minimum Gasteiger partial charge on any atom is -0.455 e. The Labute approximate surface area is 197 Å². The Morgan fingerprint density at radius 3 is 2.47 bits per heavy atom. The van der Waals surface area contributed by atoms with Gasteiger partial charge in [0.1, 0.15) is 11.4 Å². The van der Waals surface area contributed by atoms with Gasteiger partial charge in [0, 0.05) is 12.1 Å². The Balaban J connectivity index is 1.69. The van der Waals surface area contributed by atoms with Gasteiger partial charge in [-0.15, -0.1) is 0 Å². The lowest BCUT2D eigenvalue weighted by atomic mass is 9.84. The van der Waals surface area contributed by atoms with Crippen molar-refractivity contribution in [2.24, 2.45) is 0 Å². The molecule has 1 aliphatic heterocycles. The minimum atomic E-state index is -4.51. The average molecular weight is 487 g/mol. The number of carbonyl (C=O) groups excluding carboxylic acids is 2. The molecule has 0 bridgehead atoms. The molecule has 10 heteroatoms. The molecule has 1 aliphatic carbocycles. The van der Waals surface area contributed by atoms with Crippen LogP contribution in [0.15, 0.2) is 59.1 Å². The van der Waals surface area contributed by atoms with E-state index in [0.29, 0.717) is 11.7 Å². The molecular formula is C24H26N2O7S. The number of hydrogen-bond acceptors (Lipinski definition) is 7. The largest absolute Gasteiger partial charge is 0.455 e. The van der Waals surface area contributed by atoms with Gasteiger partial charge >= 0.3 is 0 Å². The molecule has 0 spiro atoms. The number of nitrogens with zero attached hydrogens (tertiary/aromatic N) is 1. The highest BCUT2D eigenvalue weighted by Crippen LogP contribution is 2.41. The van der Waals surface area contributed by atoms with E-state index in [4.69, 9.17) is 9.84 Å². The quantitative estimate of drug-likeness (QED) is 0.382. The van der Waals surface area contributed by atoms with E-state index in [1.165, 1.54) is 24.6 Å². The number of ether oxygens (including phenoxy) is 1. The standard InChI is InChI=1S/C24H26N2O7S/c27-13-12-26-23(28)15-20(24(26)29)25-19-11-10-17(34(30,31)32)14-22(19)33-21-9-5-4-8-18(21)16-6-2-1-3-7-16/h4-5,8-11,14-16,25,27H,1-3,6-7,12-13H2,(H,30,31,32). The first-order chi connectivity index (χ1) is 16.3. The first-order valence-electron chi connectivity index (χ1n) is 11.1. The number of nitrogens with one attached hydrogen (secondary N) is 1. The van der Waals surface area contributed by atoms with Crippen LogP contribution in [0.1, 0.15) is 43.6 Å². The Kier molecular flexibility index (Phi) is 7.01. The van der Waals surface area contributed by atoms with Crippen molar-refractivity contribution in [1.29, 1.82) is 0 Å². The van der Waals surface area contributed by atoms with Crippen molar-refractivity contribution < 1.29 is 32.4 Å². The predicted molar refractivity (Wildman–Crippen MR) is 124 cm³/mol. The van der Waals surface area contributed by atoms with Gasteiger partial charge in [0.2, 0.25) is 0 Å². The van der Waals surface area contributed by atoms with E-state index in [9.17, 15) is 22.6 Å². The first kappa shape index (κ1) is 23.9. The number of aliphatic hydroxyl groups is 1. The van der Waals surface area contributed by atoms with Crippen molar-refractivity contribution in [3.63, 3.8) is 0 Å². The van der Waals surface area contributed by atoms with Crippen LogP contribution in [0, 0.1) is 0 Å². The van der Waals surface area contributed by atoms with Gasteiger partial charge in [-0.25, -0.2) is 0 Å². The molecule has 2 aromatic carbocycles. The van der Waals surface area contributed by atoms with Crippen LogP contribution in [-0.4, -0.2) is 47.9 Å². The van der Waals surface area contributed by atoms with Crippen LogP contribution < -0.4 is 10.1 Å². The molecule has 2 amide bonds. The summed E-state index contributed by atoms with van der Waals surface area (Å²) in [6, 6.07) is 11.2. The summed E-state index contributed by atoms with van der Waals surface area (Å²) in [6.45, 7) is -0.507. The summed E-state index contributed by atoms with van der Waals surface area (Å²) in [6.07, 6.45) is 6.60. The van der Waals surface area contributed by atoms with Crippen LogP contribution in [-0.2, 0) is 19.7 Å². The fourth-order valence-electron chi connectivity index (χ4n) is 4.35. The van der Waals surface area contributed by atoms with Crippen molar-refractivity contribution in [2.75, 3.05) is 18.5 Å². The number of amides is 2. The zero-order chi connectivity index (χ0) is 24.3. The molecule has 34 heavy (non-hydrogen) atoms. The highest BCUT2D eigenvalue weighted by molar-refractivity contribution is 7.85. The van der Waals surface area contributed by atoms with E-state index < -0.39 is 21.9 Å². The number of benzene rings is 2. The molecule has 0 radical (unpaired) electrons.